The van der Waals surface area contributed by atoms with Crippen molar-refractivity contribution in [2.24, 2.45) is 5.73 Å². The molecule has 1 aromatic carbocycles. The Hall–Kier alpha value is -0.320. The molecule has 0 saturated heterocycles. The zero-order valence-corrected chi connectivity index (χ0v) is 10.6. The maximum absolute atomic E-state index is 5.78. The number of rotatable bonds is 3. The second-order valence-electron chi connectivity index (χ2n) is 2.74. The fourth-order valence-corrected chi connectivity index (χ4v) is 1.64. The lowest BCUT2D eigenvalue weighted by atomic mass is 10.3. The summed E-state index contributed by atoms with van der Waals surface area (Å²) in [5.74, 6) is 0.676. The van der Waals surface area contributed by atoms with Crippen molar-refractivity contribution >= 4 is 44.7 Å². The number of halogens is 2. The quantitative estimate of drug-likeness (QED) is 0.870. The van der Waals surface area contributed by atoms with Crippen molar-refractivity contribution in [1.82, 2.24) is 0 Å². The van der Waals surface area contributed by atoms with Gasteiger partial charge in [-0.05, 0) is 41.1 Å². The van der Waals surface area contributed by atoms with Gasteiger partial charge in [-0.1, -0.05) is 23.8 Å². The highest BCUT2D eigenvalue weighted by Gasteiger charge is 2.09. The molecule has 0 aliphatic heterocycles. The normalized spacial score (nSPS) is 12.2. The Morgan fingerprint density at radius 3 is 2.79 bits per heavy atom. The summed E-state index contributed by atoms with van der Waals surface area (Å²) in [5.41, 5.74) is 5.43. The van der Waals surface area contributed by atoms with Crippen molar-refractivity contribution in [3.05, 3.63) is 27.7 Å². The van der Waals surface area contributed by atoms with Crippen molar-refractivity contribution < 1.29 is 4.74 Å². The topological polar surface area (TPSA) is 35.2 Å². The standard InChI is InChI=1S/C9H9BrClNOS/c1-5(9(12)14)13-8-3-2-6(11)4-7(8)10/h2-5H,1H3,(H2,12,14). The van der Waals surface area contributed by atoms with Gasteiger partial charge in [-0.25, -0.2) is 0 Å². The van der Waals surface area contributed by atoms with Crippen LogP contribution in [0.4, 0.5) is 0 Å². The van der Waals surface area contributed by atoms with Crippen LogP contribution in [0.5, 0.6) is 5.75 Å². The highest BCUT2D eigenvalue weighted by molar-refractivity contribution is 9.10. The van der Waals surface area contributed by atoms with E-state index in [9.17, 15) is 0 Å². The predicted octanol–water partition coefficient (Wildman–Crippen LogP) is 3.16. The van der Waals surface area contributed by atoms with Crippen LogP contribution in [0.15, 0.2) is 22.7 Å². The third-order valence-electron chi connectivity index (χ3n) is 1.60. The first-order valence-electron chi connectivity index (χ1n) is 3.91. The average molecular weight is 295 g/mol. The number of thiocarbonyl (C=S) groups is 1. The van der Waals surface area contributed by atoms with Gasteiger partial charge in [-0.15, -0.1) is 0 Å². The molecule has 2 N–H and O–H groups in total. The minimum atomic E-state index is -0.289. The van der Waals surface area contributed by atoms with Gasteiger partial charge in [0.2, 0.25) is 0 Å². The van der Waals surface area contributed by atoms with Gasteiger partial charge in [0.05, 0.1) is 4.47 Å². The second kappa shape index (κ2) is 4.96. The van der Waals surface area contributed by atoms with E-state index >= 15 is 0 Å². The molecule has 0 spiro atoms. The van der Waals surface area contributed by atoms with Gasteiger partial charge in [0, 0.05) is 5.02 Å². The highest BCUT2D eigenvalue weighted by atomic mass is 79.9. The number of hydrogen-bond donors (Lipinski definition) is 1. The maximum atomic E-state index is 5.78. The summed E-state index contributed by atoms with van der Waals surface area (Å²) in [7, 11) is 0. The highest BCUT2D eigenvalue weighted by Crippen LogP contribution is 2.28. The lowest BCUT2D eigenvalue weighted by molar-refractivity contribution is 0.286. The van der Waals surface area contributed by atoms with Crippen molar-refractivity contribution in [3.8, 4) is 5.75 Å². The first-order valence-corrected chi connectivity index (χ1v) is 5.49. The molecule has 5 heteroatoms. The van der Waals surface area contributed by atoms with Gasteiger partial charge in [0.25, 0.3) is 0 Å². The molecule has 76 valence electrons. The molecule has 0 amide bonds. The lowest BCUT2D eigenvalue weighted by Crippen LogP contribution is -2.28. The van der Waals surface area contributed by atoms with Crippen LogP contribution in [0.2, 0.25) is 5.02 Å². The van der Waals surface area contributed by atoms with E-state index in [4.69, 9.17) is 34.3 Å². The van der Waals surface area contributed by atoms with Crippen LogP contribution in [0.1, 0.15) is 6.92 Å². The number of ether oxygens (including phenoxy) is 1. The molecule has 0 aromatic heterocycles. The van der Waals surface area contributed by atoms with Crippen LogP contribution in [0.25, 0.3) is 0 Å². The first-order chi connectivity index (χ1) is 6.50. The second-order valence-corrected chi connectivity index (χ2v) is 4.50. The zero-order valence-electron chi connectivity index (χ0n) is 7.46. The van der Waals surface area contributed by atoms with Crippen molar-refractivity contribution in [1.29, 1.82) is 0 Å². The fraction of sp³-hybridized carbons (Fsp3) is 0.222. The Bertz CT molecular complexity index is 359. The van der Waals surface area contributed by atoms with Gasteiger partial charge < -0.3 is 10.5 Å². The van der Waals surface area contributed by atoms with Crippen LogP contribution in [-0.2, 0) is 0 Å². The molecule has 1 atom stereocenters. The van der Waals surface area contributed by atoms with Crippen molar-refractivity contribution in [2.75, 3.05) is 0 Å². The summed E-state index contributed by atoms with van der Waals surface area (Å²) < 4.78 is 6.28. The predicted molar refractivity (Wildman–Crippen MR) is 66.0 cm³/mol. The minimum Gasteiger partial charge on any atom is -0.482 e. The van der Waals surface area contributed by atoms with E-state index in [0.29, 0.717) is 15.8 Å². The smallest absolute Gasteiger partial charge is 0.145 e. The molecular weight excluding hydrogens is 286 g/mol. The van der Waals surface area contributed by atoms with Crippen LogP contribution in [-0.4, -0.2) is 11.1 Å². The third kappa shape index (κ3) is 3.12. The van der Waals surface area contributed by atoms with Crippen LogP contribution in [0.3, 0.4) is 0 Å². The van der Waals surface area contributed by atoms with Crippen molar-refractivity contribution in [2.45, 2.75) is 13.0 Å². The Kier molecular flexibility index (Phi) is 4.16. The molecule has 1 unspecified atom stereocenters. The monoisotopic (exact) mass is 293 g/mol. The van der Waals surface area contributed by atoms with Crippen LogP contribution in [0, 0.1) is 0 Å². The minimum absolute atomic E-state index is 0.289. The average Bonchev–Trinajstić information content (AvgIpc) is 2.09. The molecule has 0 saturated carbocycles. The summed E-state index contributed by atoms with van der Waals surface area (Å²) in [5, 5.41) is 0.646. The molecule has 1 aromatic rings. The van der Waals surface area contributed by atoms with Crippen LogP contribution < -0.4 is 10.5 Å². The van der Waals surface area contributed by atoms with Gasteiger partial charge >= 0.3 is 0 Å². The van der Waals surface area contributed by atoms with Gasteiger partial charge in [0.15, 0.2) is 0 Å². The van der Waals surface area contributed by atoms with E-state index in [-0.39, 0.29) is 6.10 Å². The van der Waals surface area contributed by atoms with E-state index in [1.165, 1.54) is 0 Å². The Balaban J connectivity index is 2.82. The number of benzene rings is 1. The van der Waals surface area contributed by atoms with E-state index in [2.05, 4.69) is 15.9 Å². The molecule has 0 aliphatic rings. The van der Waals surface area contributed by atoms with Gasteiger partial charge in [-0.3, -0.25) is 0 Å². The molecule has 2 nitrogen and oxygen atoms in total. The first kappa shape index (κ1) is 11.8. The molecule has 0 fully saturated rings. The zero-order chi connectivity index (χ0) is 10.7. The van der Waals surface area contributed by atoms with E-state index < -0.39 is 0 Å². The maximum Gasteiger partial charge on any atom is 0.145 e. The third-order valence-corrected chi connectivity index (χ3v) is 2.79. The molecule has 0 bridgehead atoms. The summed E-state index contributed by atoms with van der Waals surface area (Å²) >= 11 is 13.9. The van der Waals surface area contributed by atoms with E-state index in [1.807, 2.05) is 0 Å². The largest absolute Gasteiger partial charge is 0.482 e. The van der Waals surface area contributed by atoms with Crippen molar-refractivity contribution in [3.63, 3.8) is 0 Å². The van der Waals surface area contributed by atoms with E-state index in [1.54, 1.807) is 25.1 Å². The molecule has 14 heavy (non-hydrogen) atoms. The Labute approximate surface area is 102 Å². The number of nitrogens with two attached hydrogens (primary N) is 1. The van der Waals surface area contributed by atoms with Crippen LogP contribution >= 0.6 is 39.7 Å². The summed E-state index contributed by atoms with van der Waals surface area (Å²) in [6, 6.07) is 5.26. The molecular formula is C9H9BrClNOS. The van der Waals surface area contributed by atoms with Gasteiger partial charge in [-0.2, -0.15) is 0 Å². The number of hydrogen-bond acceptors (Lipinski definition) is 2. The summed E-state index contributed by atoms with van der Waals surface area (Å²) in [4.78, 5) is 0.326. The molecule has 0 radical (unpaired) electrons. The fourth-order valence-electron chi connectivity index (χ4n) is 0.819. The molecule has 0 aliphatic carbocycles. The summed E-state index contributed by atoms with van der Waals surface area (Å²) in [6.07, 6.45) is -0.289. The lowest BCUT2D eigenvalue weighted by Gasteiger charge is -2.14. The summed E-state index contributed by atoms with van der Waals surface area (Å²) in [6.45, 7) is 1.80. The Morgan fingerprint density at radius 1 is 1.64 bits per heavy atom. The Morgan fingerprint density at radius 2 is 2.29 bits per heavy atom. The SMILES string of the molecule is CC(Oc1ccc(Cl)cc1Br)C(N)=S. The van der Waals surface area contributed by atoms with E-state index in [0.717, 1.165) is 4.47 Å². The van der Waals surface area contributed by atoms with Gasteiger partial charge in [0.1, 0.15) is 16.8 Å². The molecule has 0 heterocycles. The molecule has 1 rings (SSSR count).